The van der Waals surface area contributed by atoms with Crippen molar-refractivity contribution in [3.63, 3.8) is 0 Å². The molecule has 0 fully saturated rings. The molecule has 0 saturated carbocycles. The molecule has 6 heteroatoms. The van der Waals surface area contributed by atoms with Crippen molar-refractivity contribution in [1.29, 1.82) is 0 Å². The normalized spacial score (nSPS) is 10.5. The van der Waals surface area contributed by atoms with Gasteiger partial charge in [0.05, 0.1) is 5.69 Å². The van der Waals surface area contributed by atoms with E-state index in [0.29, 0.717) is 11.3 Å². The highest BCUT2D eigenvalue weighted by molar-refractivity contribution is 5.90. The van der Waals surface area contributed by atoms with Gasteiger partial charge in [0.15, 0.2) is 5.78 Å². The number of benzene rings is 2. The summed E-state index contributed by atoms with van der Waals surface area (Å²) in [6, 6.07) is 14.1. The van der Waals surface area contributed by atoms with Crippen LogP contribution in [0.3, 0.4) is 0 Å². The van der Waals surface area contributed by atoms with E-state index >= 15 is 0 Å². The zero-order valence-electron chi connectivity index (χ0n) is 12.2. The molecule has 3 aromatic rings. The number of carbonyl (C=O) groups excluding carboxylic acids is 1. The average Bonchev–Trinajstić information content (AvgIpc) is 2.56. The lowest BCUT2D eigenvalue weighted by molar-refractivity contribution is 0.100. The first-order valence-corrected chi connectivity index (χ1v) is 6.90. The van der Waals surface area contributed by atoms with Crippen molar-refractivity contribution in [2.24, 2.45) is 0 Å². The lowest BCUT2D eigenvalue weighted by Gasteiger charge is -2.08. The number of halogens is 1. The fourth-order valence-corrected chi connectivity index (χ4v) is 2.11. The lowest BCUT2D eigenvalue weighted by atomic mass is 10.1. The first kappa shape index (κ1) is 14.8. The van der Waals surface area contributed by atoms with Crippen LogP contribution in [-0.4, -0.2) is 20.5 Å². The van der Waals surface area contributed by atoms with Crippen LogP contribution in [0.4, 0.5) is 4.39 Å². The van der Waals surface area contributed by atoms with E-state index in [-0.39, 0.29) is 17.3 Å². The summed E-state index contributed by atoms with van der Waals surface area (Å²) < 4.78 is 14.1. The Morgan fingerprint density at radius 2 is 1.70 bits per heavy atom. The van der Waals surface area contributed by atoms with E-state index in [1.165, 1.54) is 31.2 Å². The van der Waals surface area contributed by atoms with E-state index < -0.39 is 11.4 Å². The van der Waals surface area contributed by atoms with Crippen molar-refractivity contribution in [3.8, 4) is 16.9 Å². The van der Waals surface area contributed by atoms with Crippen LogP contribution in [-0.2, 0) is 0 Å². The van der Waals surface area contributed by atoms with E-state index in [1.807, 2.05) is 6.07 Å². The molecule has 0 aliphatic carbocycles. The van der Waals surface area contributed by atoms with Crippen molar-refractivity contribution in [1.82, 2.24) is 14.8 Å². The molecule has 0 amide bonds. The molecule has 23 heavy (non-hydrogen) atoms. The molecule has 2 aromatic carbocycles. The average molecular weight is 309 g/mol. The molecule has 0 N–H and O–H groups in total. The Hall–Kier alpha value is -3.15. The number of rotatable bonds is 3. The van der Waals surface area contributed by atoms with Crippen LogP contribution in [0.2, 0.25) is 0 Å². The maximum absolute atomic E-state index is 13.1. The highest BCUT2D eigenvalue weighted by Gasteiger charge is 2.15. The first-order valence-electron chi connectivity index (χ1n) is 6.90. The largest absolute Gasteiger partial charge is 0.298 e. The monoisotopic (exact) mass is 309 g/mol. The Labute approximate surface area is 131 Å². The molecular weight excluding hydrogens is 297 g/mol. The molecular formula is C17H12FN3O2. The SMILES string of the molecule is CC(=O)c1nc(-c2ccccc2)c(=O)n(-c2ccc(F)cc2)n1. The van der Waals surface area contributed by atoms with Gasteiger partial charge in [-0.3, -0.25) is 9.59 Å². The summed E-state index contributed by atoms with van der Waals surface area (Å²) in [6.07, 6.45) is 0. The molecule has 3 rings (SSSR count). The third kappa shape index (κ3) is 2.91. The highest BCUT2D eigenvalue weighted by atomic mass is 19.1. The molecule has 0 spiro atoms. The molecule has 0 saturated heterocycles. The van der Waals surface area contributed by atoms with Crippen LogP contribution in [0.15, 0.2) is 59.4 Å². The van der Waals surface area contributed by atoms with Gasteiger partial charge < -0.3 is 0 Å². The molecule has 1 aromatic heterocycles. The highest BCUT2D eigenvalue weighted by Crippen LogP contribution is 2.14. The van der Waals surface area contributed by atoms with E-state index in [0.717, 1.165) is 4.68 Å². The van der Waals surface area contributed by atoms with E-state index in [9.17, 15) is 14.0 Å². The van der Waals surface area contributed by atoms with E-state index in [4.69, 9.17) is 0 Å². The standard InChI is InChI=1S/C17H12FN3O2/c1-11(22)16-19-15(12-5-3-2-4-6-12)17(23)21(20-16)14-9-7-13(18)8-10-14/h2-10H,1H3. The Bertz CT molecular complexity index is 919. The molecule has 1 heterocycles. The van der Waals surface area contributed by atoms with Gasteiger partial charge in [0.1, 0.15) is 11.5 Å². The fourth-order valence-electron chi connectivity index (χ4n) is 2.11. The van der Waals surface area contributed by atoms with E-state index in [2.05, 4.69) is 10.1 Å². The molecule has 0 radical (unpaired) electrons. The molecule has 0 atom stereocenters. The Balaban J connectivity index is 2.28. The number of carbonyl (C=O) groups is 1. The van der Waals surface area contributed by atoms with Crippen LogP contribution in [0.1, 0.15) is 17.5 Å². The lowest BCUT2D eigenvalue weighted by Crippen LogP contribution is -2.27. The molecule has 5 nitrogen and oxygen atoms in total. The summed E-state index contributed by atoms with van der Waals surface area (Å²) in [5.41, 5.74) is 0.583. The molecule has 0 bridgehead atoms. The third-order valence-corrected chi connectivity index (χ3v) is 3.24. The summed E-state index contributed by atoms with van der Waals surface area (Å²) in [7, 11) is 0. The Morgan fingerprint density at radius 1 is 1.04 bits per heavy atom. The minimum Gasteiger partial charge on any atom is -0.291 e. The smallest absolute Gasteiger partial charge is 0.291 e. The molecule has 0 unspecified atom stereocenters. The van der Waals surface area contributed by atoms with Crippen LogP contribution in [0.5, 0.6) is 0 Å². The van der Waals surface area contributed by atoms with Crippen molar-refractivity contribution < 1.29 is 9.18 Å². The molecule has 0 aliphatic heterocycles. The number of aromatic nitrogens is 3. The summed E-state index contributed by atoms with van der Waals surface area (Å²) in [6.45, 7) is 1.32. The Kier molecular flexibility index (Phi) is 3.80. The second kappa shape index (κ2) is 5.92. The topological polar surface area (TPSA) is 64.8 Å². The van der Waals surface area contributed by atoms with Crippen LogP contribution >= 0.6 is 0 Å². The van der Waals surface area contributed by atoms with Gasteiger partial charge in [-0.05, 0) is 24.3 Å². The predicted octanol–water partition coefficient (Wildman–Crippen LogP) is 2.64. The zero-order chi connectivity index (χ0) is 16.4. The Morgan fingerprint density at radius 3 is 2.30 bits per heavy atom. The maximum atomic E-state index is 13.1. The minimum absolute atomic E-state index is 0.0761. The van der Waals surface area contributed by atoms with Crippen molar-refractivity contribution >= 4 is 5.78 Å². The van der Waals surface area contributed by atoms with Gasteiger partial charge in [-0.15, -0.1) is 5.10 Å². The maximum Gasteiger partial charge on any atom is 0.298 e. The first-order chi connectivity index (χ1) is 11.1. The number of nitrogens with zero attached hydrogens (tertiary/aromatic N) is 3. The van der Waals surface area contributed by atoms with Gasteiger partial charge in [-0.2, -0.15) is 4.68 Å². The second-order valence-electron chi connectivity index (χ2n) is 4.90. The van der Waals surface area contributed by atoms with Gasteiger partial charge in [-0.25, -0.2) is 9.37 Å². The van der Waals surface area contributed by atoms with Crippen molar-refractivity contribution in [2.75, 3.05) is 0 Å². The van der Waals surface area contributed by atoms with Gasteiger partial charge in [0.2, 0.25) is 5.82 Å². The molecule has 0 aliphatic rings. The number of ketones is 1. The fraction of sp³-hybridized carbons (Fsp3) is 0.0588. The van der Waals surface area contributed by atoms with Crippen molar-refractivity contribution in [3.05, 3.63) is 76.6 Å². The van der Waals surface area contributed by atoms with Gasteiger partial charge >= 0.3 is 0 Å². The van der Waals surface area contributed by atoms with E-state index in [1.54, 1.807) is 24.3 Å². The van der Waals surface area contributed by atoms with Gasteiger partial charge in [-0.1, -0.05) is 30.3 Å². The third-order valence-electron chi connectivity index (χ3n) is 3.24. The number of hydrogen-bond donors (Lipinski definition) is 0. The summed E-state index contributed by atoms with van der Waals surface area (Å²) >= 11 is 0. The summed E-state index contributed by atoms with van der Waals surface area (Å²) in [5.74, 6) is -0.864. The summed E-state index contributed by atoms with van der Waals surface area (Å²) in [5, 5.41) is 3.98. The van der Waals surface area contributed by atoms with Crippen LogP contribution in [0.25, 0.3) is 16.9 Å². The van der Waals surface area contributed by atoms with Crippen LogP contribution < -0.4 is 5.56 Å². The predicted molar refractivity (Wildman–Crippen MR) is 83.0 cm³/mol. The van der Waals surface area contributed by atoms with Crippen molar-refractivity contribution in [2.45, 2.75) is 6.92 Å². The summed E-state index contributed by atoms with van der Waals surface area (Å²) in [4.78, 5) is 28.4. The van der Waals surface area contributed by atoms with Gasteiger partial charge in [0, 0.05) is 12.5 Å². The number of Topliss-reactive ketones (excluding diaryl/α,β-unsaturated/α-hetero) is 1. The second-order valence-corrected chi connectivity index (χ2v) is 4.90. The van der Waals surface area contributed by atoms with Crippen LogP contribution in [0, 0.1) is 5.82 Å². The minimum atomic E-state index is -0.479. The van der Waals surface area contributed by atoms with Gasteiger partial charge in [0.25, 0.3) is 5.56 Å². The quantitative estimate of drug-likeness (QED) is 0.698. The zero-order valence-corrected chi connectivity index (χ0v) is 12.2. The number of hydrogen-bond acceptors (Lipinski definition) is 4. The molecule has 114 valence electrons.